The lowest BCUT2D eigenvalue weighted by atomic mass is 9.71. The molecular weight excluding hydrogens is 264 g/mol. The Balaban J connectivity index is 2.02. The molecule has 0 bridgehead atoms. The predicted octanol–water partition coefficient (Wildman–Crippen LogP) is 1.38. The fraction of sp³-hybridized carbons (Fsp3) is 0.667. The Hall–Kier alpha value is -1.21. The molecule has 19 heavy (non-hydrogen) atoms. The second-order valence-electron chi connectivity index (χ2n) is 5.26. The van der Waals surface area contributed by atoms with Gasteiger partial charge in [0.1, 0.15) is 4.90 Å². The highest BCUT2D eigenvalue weighted by Gasteiger charge is 2.33. The SMILES string of the molecule is CCNc1ncc(S(=O)(=O)NCC2(C)CCC2)cn1. The summed E-state index contributed by atoms with van der Waals surface area (Å²) in [7, 11) is -3.50. The van der Waals surface area contributed by atoms with E-state index < -0.39 is 10.0 Å². The smallest absolute Gasteiger partial charge is 0.243 e. The average molecular weight is 284 g/mol. The van der Waals surface area contributed by atoms with E-state index in [0.29, 0.717) is 19.0 Å². The van der Waals surface area contributed by atoms with E-state index in [1.165, 1.54) is 18.8 Å². The lowest BCUT2D eigenvalue weighted by Crippen LogP contribution is -2.39. The minimum Gasteiger partial charge on any atom is -0.355 e. The van der Waals surface area contributed by atoms with E-state index in [0.717, 1.165) is 12.8 Å². The van der Waals surface area contributed by atoms with Crippen molar-refractivity contribution in [2.45, 2.75) is 38.0 Å². The molecule has 1 aliphatic rings. The predicted molar refractivity (Wildman–Crippen MR) is 73.3 cm³/mol. The van der Waals surface area contributed by atoms with Gasteiger partial charge in [-0.05, 0) is 25.2 Å². The van der Waals surface area contributed by atoms with Crippen molar-refractivity contribution in [3.63, 3.8) is 0 Å². The van der Waals surface area contributed by atoms with Crippen LogP contribution in [0.2, 0.25) is 0 Å². The molecule has 0 aromatic carbocycles. The maximum Gasteiger partial charge on any atom is 0.243 e. The molecule has 106 valence electrons. The van der Waals surface area contributed by atoms with E-state index in [1.54, 1.807) is 0 Å². The zero-order valence-corrected chi connectivity index (χ0v) is 12.1. The molecule has 0 saturated heterocycles. The van der Waals surface area contributed by atoms with Crippen LogP contribution in [-0.2, 0) is 10.0 Å². The molecule has 6 nitrogen and oxygen atoms in total. The van der Waals surface area contributed by atoms with E-state index in [9.17, 15) is 8.42 Å². The van der Waals surface area contributed by atoms with Crippen molar-refractivity contribution in [1.29, 1.82) is 0 Å². The topological polar surface area (TPSA) is 84.0 Å². The van der Waals surface area contributed by atoms with Gasteiger partial charge in [-0.25, -0.2) is 23.1 Å². The second-order valence-corrected chi connectivity index (χ2v) is 7.03. The Kier molecular flexibility index (Phi) is 4.05. The number of hydrogen-bond donors (Lipinski definition) is 2. The van der Waals surface area contributed by atoms with E-state index in [-0.39, 0.29) is 10.3 Å². The van der Waals surface area contributed by atoms with Gasteiger partial charge >= 0.3 is 0 Å². The van der Waals surface area contributed by atoms with Crippen LogP contribution in [-0.4, -0.2) is 31.5 Å². The minimum atomic E-state index is -3.50. The Bertz CT molecular complexity index is 523. The van der Waals surface area contributed by atoms with Gasteiger partial charge in [0.2, 0.25) is 16.0 Å². The third kappa shape index (κ3) is 3.42. The van der Waals surface area contributed by atoms with E-state index in [4.69, 9.17) is 0 Å². The molecule has 1 saturated carbocycles. The summed E-state index contributed by atoms with van der Waals surface area (Å²) in [6.07, 6.45) is 5.99. The molecule has 1 aromatic rings. The van der Waals surface area contributed by atoms with Crippen LogP contribution >= 0.6 is 0 Å². The van der Waals surface area contributed by atoms with E-state index >= 15 is 0 Å². The molecular formula is C12H20N4O2S. The summed E-state index contributed by atoms with van der Waals surface area (Å²) in [6.45, 7) is 5.20. The third-order valence-electron chi connectivity index (χ3n) is 3.52. The summed E-state index contributed by atoms with van der Waals surface area (Å²) in [4.78, 5) is 8.05. The lowest BCUT2D eigenvalue weighted by Gasteiger charge is -2.38. The molecule has 2 N–H and O–H groups in total. The van der Waals surface area contributed by atoms with Gasteiger partial charge in [0.05, 0.1) is 12.4 Å². The molecule has 0 atom stereocenters. The van der Waals surface area contributed by atoms with Gasteiger partial charge in [0.15, 0.2) is 0 Å². The monoisotopic (exact) mass is 284 g/mol. The first-order chi connectivity index (χ1) is 8.95. The van der Waals surface area contributed by atoms with Gasteiger partial charge in [-0.3, -0.25) is 0 Å². The van der Waals surface area contributed by atoms with Crippen LogP contribution in [0.25, 0.3) is 0 Å². The first-order valence-corrected chi connectivity index (χ1v) is 7.99. The molecule has 0 unspecified atom stereocenters. The van der Waals surface area contributed by atoms with E-state index in [2.05, 4.69) is 26.9 Å². The summed E-state index contributed by atoms with van der Waals surface area (Å²) >= 11 is 0. The Morgan fingerprint density at radius 2 is 1.95 bits per heavy atom. The second kappa shape index (κ2) is 5.42. The zero-order chi connectivity index (χ0) is 13.9. The molecule has 2 rings (SSSR count). The molecule has 0 amide bonds. The fourth-order valence-corrected chi connectivity index (χ4v) is 3.10. The van der Waals surface area contributed by atoms with Crippen LogP contribution in [0.15, 0.2) is 17.3 Å². The van der Waals surface area contributed by atoms with Crippen molar-refractivity contribution in [1.82, 2.24) is 14.7 Å². The van der Waals surface area contributed by atoms with Crippen LogP contribution < -0.4 is 10.0 Å². The quantitative estimate of drug-likeness (QED) is 0.824. The summed E-state index contributed by atoms with van der Waals surface area (Å²) in [5.74, 6) is 0.437. The van der Waals surface area contributed by atoms with Gasteiger partial charge < -0.3 is 5.32 Å². The first kappa shape index (κ1) is 14.2. The standard InChI is InChI=1S/C12H20N4O2S/c1-3-13-11-14-7-10(8-15-11)19(17,18)16-9-12(2)5-4-6-12/h7-8,16H,3-6,9H2,1-2H3,(H,13,14,15). The van der Waals surface area contributed by atoms with Gasteiger partial charge in [0.25, 0.3) is 0 Å². The van der Waals surface area contributed by atoms with Gasteiger partial charge in [-0.1, -0.05) is 13.3 Å². The van der Waals surface area contributed by atoms with Crippen molar-refractivity contribution < 1.29 is 8.42 Å². The van der Waals surface area contributed by atoms with Crippen LogP contribution in [0.3, 0.4) is 0 Å². The highest BCUT2D eigenvalue weighted by molar-refractivity contribution is 7.89. The first-order valence-electron chi connectivity index (χ1n) is 6.51. The highest BCUT2D eigenvalue weighted by atomic mass is 32.2. The van der Waals surface area contributed by atoms with Crippen molar-refractivity contribution >= 4 is 16.0 Å². The molecule has 1 aromatic heterocycles. The molecule has 1 aliphatic carbocycles. The lowest BCUT2D eigenvalue weighted by molar-refractivity contribution is 0.166. The molecule has 7 heteroatoms. The number of nitrogens with zero attached hydrogens (tertiary/aromatic N) is 2. The number of sulfonamides is 1. The van der Waals surface area contributed by atoms with Gasteiger partial charge in [-0.15, -0.1) is 0 Å². The summed E-state index contributed by atoms with van der Waals surface area (Å²) in [5.41, 5.74) is 0.109. The largest absolute Gasteiger partial charge is 0.355 e. The fourth-order valence-electron chi connectivity index (χ4n) is 2.01. The molecule has 1 fully saturated rings. The van der Waals surface area contributed by atoms with Crippen molar-refractivity contribution in [2.75, 3.05) is 18.4 Å². The van der Waals surface area contributed by atoms with Crippen LogP contribution in [0.5, 0.6) is 0 Å². The number of rotatable bonds is 6. The van der Waals surface area contributed by atoms with Gasteiger partial charge in [-0.2, -0.15) is 0 Å². The highest BCUT2D eigenvalue weighted by Crippen LogP contribution is 2.39. The van der Waals surface area contributed by atoms with Crippen molar-refractivity contribution in [2.24, 2.45) is 5.41 Å². The number of anilines is 1. The summed E-state index contributed by atoms with van der Waals surface area (Å²) < 4.78 is 26.8. The maximum absolute atomic E-state index is 12.1. The molecule has 0 radical (unpaired) electrons. The molecule has 1 heterocycles. The minimum absolute atomic E-state index is 0.108. The summed E-state index contributed by atoms with van der Waals surface area (Å²) in [5, 5.41) is 2.92. The summed E-state index contributed by atoms with van der Waals surface area (Å²) in [6, 6.07) is 0. The van der Waals surface area contributed by atoms with Gasteiger partial charge in [0, 0.05) is 13.1 Å². The van der Waals surface area contributed by atoms with Crippen LogP contribution in [0.4, 0.5) is 5.95 Å². The average Bonchev–Trinajstić information content (AvgIpc) is 2.35. The third-order valence-corrected chi connectivity index (χ3v) is 4.88. The van der Waals surface area contributed by atoms with E-state index in [1.807, 2.05) is 6.92 Å². The number of aromatic nitrogens is 2. The molecule has 0 aliphatic heterocycles. The molecule has 0 spiro atoms. The Labute approximate surface area is 114 Å². The van der Waals surface area contributed by atoms with Crippen LogP contribution in [0.1, 0.15) is 33.1 Å². The zero-order valence-electron chi connectivity index (χ0n) is 11.3. The normalized spacial score (nSPS) is 17.8. The maximum atomic E-state index is 12.1. The number of hydrogen-bond acceptors (Lipinski definition) is 5. The van der Waals surface area contributed by atoms with Crippen molar-refractivity contribution in [3.8, 4) is 0 Å². The van der Waals surface area contributed by atoms with Crippen LogP contribution in [0, 0.1) is 5.41 Å². The Morgan fingerprint density at radius 3 is 2.42 bits per heavy atom. The van der Waals surface area contributed by atoms with Crippen molar-refractivity contribution in [3.05, 3.63) is 12.4 Å². The Morgan fingerprint density at radius 1 is 1.32 bits per heavy atom. The number of nitrogens with one attached hydrogen (secondary N) is 2.